The highest BCUT2D eigenvalue weighted by molar-refractivity contribution is 5.79. The van der Waals surface area contributed by atoms with E-state index in [1.165, 1.54) is 0 Å². The summed E-state index contributed by atoms with van der Waals surface area (Å²) in [6, 6.07) is 0. The number of carbonyl (C=O) groups is 1. The van der Waals surface area contributed by atoms with E-state index in [2.05, 4.69) is 19.2 Å². The molecule has 3 heteroatoms. The zero-order valence-corrected chi connectivity index (χ0v) is 10.1. The van der Waals surface area contributed by atoms with E-state index in [0.29, 0.717) is 5.91 Å². The fourth-order valence-corrected chi connectivity index (χ4v) is 2.09. The SMILES string of the molecule is CCCCN(CC)C(=O)[C@H]1CCCNC1. The molecule has 1 atom stereocenters. The molecule has 0 bridgehead atoms. The third-order valence-electron chi connectivity index (χ3n) is 3.12. The molecular weight excluding hydrogens is 188 g/mol. The van der Waals surface area contributed by atoms with Gasteiger partial charge in [-0.15, -0.1) is 0 Å². The first-order chi connectivity index (χ1) is 7.29. The van der Waals surface area contributed by atoms with Gasteiger partial charge in [0.2, 0.25) is 5.91 Å². The fraction of sp³-hybridized carbons (Fsp3) is 0.917. The van der Waals surface area contributed by atoms with Crippen LogP contribution in [0.2, 0.25) is 0 Å². The van der Waals surface area contributed by atoms with Crippen molar-refractivity contribution in [2.45, 2.75) is 39.5 Å². The van der Waals surface area contributed by atoms with Crippen LogP contribution >= 0.6 is 0 Å². The Bertz CT molecular complexity index is 188. The molecule has 0 saturated carbocycles. The maximum Gasteiger partial charge on any atom is 0.226 e. The van der Waals surface area contributed by atoms with Crippen LogP contribution in [-0.4, -0.2) is 37.0 Å². The monoisotopic (exact) mass is 212 g/mol. The van der Waals surface area contributed by atoms with Crippen molar-refractivity contribution < 1.29 is 4.79 Å². The van der Waals surface area contributed by atoms with Gasteiger partial charge in [0.1, 0.15) is 0 Å². The van der Waals surface area contributed by atoms with Gasteiger partial charge in [-0.2, -0.15) is 0 Å². The van der Waals surface area contributed by atoms with Gasteiger partial charge in [-0.05, 0) is 32.7 Å². The summed E-state index contributed by atoms with van der Waals surface area (Å²) in [5.41, 5.74) is 0. The van der Waals surface area contributed by atoms with Crippen LogP contribution < -0.4 is 5.32 Å². The van der Waals surface area contributed by atoms with Gasteiger partial charge in [0.25, 0.3) is 0 Å². The van der Waals surface area contributed by atoms with Crippen molar-refractivity contribution in [3.63, 3.8) is 0 Å². The first-order valence-electron chi connectivity index (χ1n) is 6.29. The number of unbranched alkanes of at least 4 members (excludes halogenated alkanes) is 1. The van der Waals surface area contributed by atoms with E-state index >= 15 is 0 Å². The predicted molar refractivity (Wildman–Crippen MR) is 62.8 cm³/mol. The third-order valence-corrected chi connectivity index (χ3v) is 3.12. The zero-order valence-electron chi connectivity index (χ0n) is 10.1. The molecule has 0 aromatic heterocycles. The lowest BCUT2D eigenvalue weighted by Crippen LogP contribution is -2.43. The molecule has 88 valence electrons. The lowest BCUT2D eigenvalue weighted by molar-refractivity contribution is -0.135. The maximum absolute atomic E-state index is 12.1. The first kappa shape index (κ1) is 12.5. The highest BCUT2D eigenvalue weighted by atomic mass is 16.2. The number of carbonyl (C=O) groups excluding carboxylic acids is 1. The molecule has 1 amide bonds. The fourth-order valence-electron chi connectivity index (χ4n) is 2.09. The van der Waals surface area contributed by atoms with Gasteiger partial charge in [0.15, 0.2) is 0 Å². The summed E-state index contributed by atoms with van der Waals surface area (Å²) in [5.74, 6) is 0.591. The summed E-state index contributed by atoms with van der Waals surface area (Å²) in [5, 5.41) is 3.30. The molecule has 1 saturated heterocycles. The van der Waals surface area contributed by atoms with Gasteiger partial charge < -0.3 is 10.2 Å². The lowest BCUT2D eigenvalue weighted by atomic mass is 9.98. The van der Waals surface area contributed by atoms with Crippen LogP contribution in [0.25, 0.3) is 0 Å². The highest BCUT2D eigenvalue weighted by Crippen LogP contribution is 2.13. The van der Waals surface area contributed by atoms with Crippen LogP contribution in [0, 0.1) is 5.92 Å². The Morgan fingerprint density at radius 3 is 2.80 bits per heavy atom. The second-order valence-electron chi connectivity index (χ2n) is 4.31. The summed E-state index contributed by atoms with van der Waals surface area (Å²) in [7, 11) is 0. The van der Waals surface area contributed by atoms with E-state index in [0.717, 1.165) is 51.9 Å². The van der Waals surface area contributed by atoms with E-state index in [4.69, 9.17) is 0 Å². The Balaban J connectivity index is 2.40. The standard InChI is InChI=1S/C12H24N2O/c1-3-5-9-14(4-2)12(15)11-7-6-8-13-10-11/h11,13H,3-10H2,1-2H3/t11-/m0/s1. The molecule has 0 aromatic carbocycles. The largest absolute Gasteiger partial charge is 0.343 e. The number of piperidine rings is 1. The quantitative estimate of drug-likeness (QED) is 0.751. The van der Waals surface area contributed by atoms with Crippen molar-refractivity contribution >= 4 is 5.91 Å². The van der Waals surface area contributed by atoms with Crippen molar-refractivity contribution in [2.75, 3.05) is 26.2 Å². The minimum absolute atomic E-state index is 0.232. The molecule has 1 aliphatic heterocycles. The minimum atomic E-state index is 0.232. The number of hydrogen-bond donors (Lipinski definition) is 1. The molecule has 1 fully saturated rings. The molecule has 0 aliphatic carbocycles. The Morgan fingerprint density at radius 1 is 1.47 bits per heavy atom. The Labute approximate surface area is 93.2 Å². The van der Waals surface area contributed by atoms with Crippen molar-refractivity contribution in [3.05, 3.63) is 0 Å². The minimum Gasteiger partial charge on any atom is -0.343 e. The third kappa shape index (κ3) is 3.82. The summed E-state index contributed by atoms with van der Waals surface area (Å²) in [4.78, 5) is 14.1. The molecule has 15 heavy (non-hydrogen) atoms. The number of rotatable bonds is 5. The molecular formula is C12H24N2O. The second kappa shape index (κ2) is 6.83. The van der Waals surface area contributed by atoms with Crippen LogP contribution in [0.4, 0.5) is 0 Å². The molecule has 0 radical (unpaired) electrons. The average molecular weight is 212 g/mol. The van der Waals surface area contributed by atoms with Gasteiger partial charge >= 0.3 is 0 Å². The molecule has 0 spiro atoms. The first-order valence-corrected chi connectivity index (χ1v) is 6.29. The predicted octanol–water partition coefficient (Wildman–Crippen LogP) is 1.63. The van der Waals surface area contributed by atoms with E-state index in [9.17, 15) is 4.79 Å². The smallest absolute Gasteiger partial charge is 0.226 e. The van der Waals surface area contributed by atoms with Crippen molar-refractivity contribution in [1.29, 1.82) is 0 Å². The Morgan fingerprint density at radius 2 is 2.27 bits per heavy atom. The van der Waals surface area contributed by atoms with Gasteiger partial charge in [-0.25, -0.2) is 0 Å². The van der Waals surface area contributed by atoms with Gasteiger partial charge in [-0.1, -0.05) is 13.3 Å². The van der Waals surface area contributed by atoms with Crippen LogP contribution in [-0.2, 0) is 4.79 Å². The summed E-state index contributed by atoms with van der Waals surface area (Å²) in [6.45, 7) is 7.98. The summed E-state index contributed by atoms with van der Waals surface area (Å²) < 4.78 is 0. The maximum atomic E-state index is 12.1. The summed E-state index contributed by atoms with van der Waals surface area (Å²) >= 11 is 0. The molecule has 1 heterocycles. The lowest BCUT2D eigenvalue weighted by Gasteiger charge is -2.28. The van der Waals surface area contributed by atoms with Gasteiger partial charge in [0.05, 0.1) is 5.92 Å². The van der Waals surface area contributed by atoms with E-state index in [1.54, 1.807) is 0 Å². The second-order valence-corrected chi connectivity index (χ2v) is 4.31. The van der Waals surface area contributed by atoms with Crippen LogP contribution in [0.15, 0.2) is 0 Å². The normalized spacial score (nSPS) is 21.3. The van der Waals surface area contributed by atoms with Crippen molar-refractivity contribution in [2.24, 2.45) is 5.92 Å². The topological polar surface area (TPSA) is 32.3 Å². The number of amides is 1. The zero-order chi connectivity index (χ0) is 11.1. The molecule has 1 rings (SSSR count). The number of nitrogens with one attached hydrogen (secondary N) is 1. The molecule has 1 N–H and O–H groups in total. The van der Waals surface area contributed by atoms with Gasteiger partial charge in [0, 0.05) is 19.6 Å². The van der Waals surface area contributed by atoms with E-state index in [-0.39, 0.29) is 5.92 Å². The molecule has 1 aliphatic rings. The van der Waals surface area contributed by atoms with Crippen molar-refractivity contribution in [3.8, 4) is 0 Å². The summed E-state index contributed by atoms with van der Waals surface area (Å²) in [6.07, 6.45) is 4.49. The van der Waals surface area contributed by atoms with E-state index in [1.807, 2.05) is 4.90 Å². The average Bonchev–Trinajstić information content (AvgIpc) is 2.31. The molecule has 3 nitrogen and oxygen atoms in total. The highest BCUT2D eigenvalue weighted by Gasteiger charge is 2.24. The van der Waals surface area contributed by atoms with Crippen LogP contribution in [0.1, 0.15) is 39.5 Å². The molecule has 0 unspecified atom stereocenters. The van der Waals surface area contributed by atoms with Crippen molar-refractivity contribution in [1.82, 2.24) is 10.2 Å². The van der Waals surface area contributed by atoms with Crippen LogP contribution in [0.5, 0.6) is 0 Å². The van der Waals surface area contributed by atoms with Crippen LogP contribution in [0.3, 0.4) is 0 Å². The Hall–Kier alpha value is -0.570. The van der Waals surface area contributed by atoms with E-state index < -0.39 is 0 Å². The molecule has 0 aromatic rings. The van der Waals surface area contributed by atoms with Gasteiger partial charge in [-0.3, -0.25) is 4.79 Å². The Kier molecular flexibility index (Phi) is 5.69. The number of nitrogens with zero attached hydrogens (tertiary/aromatic N) is 1. The number of hydrogen-bond acceptors (Lipinski definition) is 2.